The van der Waals surface area contributed by atoms with Crippen LogP contribution in [0.4, 0.5) is 0 Å². The van der Waals surface area contributed by atoms with Crippen LogP contribution in [0.25, 0.3) is 10.6 Å². The number of piperidine rings is 1. The van der Waals surface area contributed by atoms with E-state index in [2.05, 4.69) is 42.6 Å². The van der Waals surface area contributed by atoms with E-state index < -0.39 is 0 Å². The lowest BCUT2D eigenvalue weighted by Gasteiger charge is -2.32. The maximum Gasteiger partial charge on any atom is 0.0794 e. The molecule has 0 spiro atoms. The van der Waals surface area contributed by atoms with Crippen LogP contribution in [0, 0.1) is 6.92 Å². The average Bonchev–Trinajstić information content (AvgIpc) is 3.26. The number of likely N-dealkylation sites (tertiary alicyclic amines) is 1. The topological polar surface area (TPSA) is 57.7 Å². The van der Waals surface area contributed by atoms with E-state index in [0.29, 0.717) is 5.92 Å². The molecule has 0 bridgehead atoms. The standard InChI is InChI=1S/C18H21N5S/c1-13-8-19-10-16(21-13)14-4-2-6-23(11-14)12-15-9-20-22-18(15)17-5-3-7-24-17/h3,5,7-10,14H,2,4,6,11-12H2,1H3,(H,20,22). The van der Waals surface area contributed by atoms with Gasteiger partial charge >= 0.3 is 0 Å². The van der Waals surface area contributed by atoms with Gasteiger partial charge in [-0.3, -0.25) is 20.0 Å². The molecule has 1 aliphatic heterocycles. The van der Waals surface area contributed by atoms with E-state index in [0.717, 1.165) is 36.7 Å². The van der Waals surface area contributed by atoms with Gasteiger partial charge in [0.15, 0.2) is 0 Å². The first-order valence-corrected chi connectivity index (χ1v) is 9.24. The summed E-state index contributed by atoms with van der Waals surface area (Å²) < 4.78 is 0. The molecule has 4 rings (SSSR count). The van der Waals surface area contributed by atoms with Gasteiger partial charge < -0.3 is 0 Å². The van der Waals surface area contributed by atoms with Gasteiger partial charge in [0.25, 0.3) is 0 Å². The number of hydrogen-bond acceptors (Lipinski definition) is 5. The van der Waals surface area contributed by atoms with E-state index in [4.69, 9.17) is 0 Å². The van der Waals surface area contributed by atoms with Gasteiger partial charge in [0.2, 0.25) is 0 Å². The number of H-pyrrole nitrogens is 1. The minimum atomic E-state index is 0.475. The smallest absolute Gasteiger partial charge is 0.0794 e. The Morgan fingerprint density at radius 2 is 2.29 bits per heavy atom. The van der Waals surface area contributed by atoms with Crippen LogP contribution in [0.2, 0.25) is 0 Å². The first-order valence-electron chi connectivity index (χ1n) is 8.36. The molecule has 1 saturated heterocycles. The predicted molar refractivity (Wildman–Crippen MR) is 95.9 cm³/mol. The average molecular weight is 339 g/mol. The third-order valence-electron chi connectivity index (χ3n) is 4.58. The number of nitrogens with one attached hydrogen (secondary N) is 1. The zero-order valence-corrected chi connectivity index (χ0v) is 14.6. The highest BCUT2D eigenvalue weighted by atomic mass is 32.1. The molecule has 0 aromatic carbocycles. The third kappa shape index (κ3) is 3.25. The highest BCUT2D eigenvalue weighted by Gasteiger charge is 2.24. The van der Waals surface area contributed by atoms with Crippen LogP contribution >= 0.6 is 11.3 Å². The van der Waals surface area contributed by atoms with Crippen molar-refractivity contribution in [3.63, 3.8) is 0 Å². The van der Waals surface area contributed by atoms with Crippen LogP contribution in [0.3, 0.4) is 0 Å². The van der Waals surface area contributed by atoms with Gasteiger partial charge in [-0.1, -0.05) is 6.07 Å². The molecule has 1 unspecified atom stereocenters. The van der Waals surface area contributed by atoms with Gasteiger partial charge in [0.05, 0.1) is 28.2 Å². The van der Waals surface area contributed by atoms with Gasteiger partial charge in [0, 0.05) is 37.0 Å². The SMILES string of the molecule is Cc1cncc(C2CCCN(Cc3cn[nH]c3-c3cccs3)C2)n1. The molecule has 24 heavy (non-hydrogen) atoms. The molecule has 1 N–H and O–H groups in total. The lowest BCUT2D eigenvalue weighted by Crippen LogP contribution is -2.34. The number of aromatic amines is 1. The lowest BCUT2D eigenvalue weighted by atomic mass is 9.94. The Bertz CT molecular complexity index is 795. The molecule has 6 heteroatoms. The van der Waals surface area contributed by atoms with E-state index in [-0.39, 0.29) is 0 Å². The van der Waals surface area contributed by atoms with Gasteiger partial charge in [-0.2, -0.15) is 5.10 Å². The van der Waals surface area contributed by atoms with Gasteiger partial charge in [0.1, 0.15) is 0 Å². The van der Waals surface area contributed by atoms with Crippen molar-refractivity contribution in [2.24, 2.45) is 0 Å². The van der Waals surface area contributed by atoms with Crippen LogP contribution in [-0.2, 0) is 6.54 Å². The molecule has 1 atom stereocenters. The molecule has 0 aliphatic carbocycles. The quantitative estimate of drug-likeness (QED) is 0.789. The third-order valence-corrected chi connectivity index (χ3v) is 5.46. The zero-order valence-electron chi connectivity index (χ0n) is 13.8. The second kappa shape index (κ2) is 6.83. The Kier molecular flexibility index (Phi) is 4.40. The summed E-state index contributed by atoms with van der Waals surface area (Å²) in [5, 5.41) is 9.53. The summed E-state index contributed by atoms with van der Waals surface area (Å²) in [6.45, 7) is 5.10. The highest BCUT2D eigenvalue weighted by Crippen LogP contribution is 2.30. The number of hydrogen-bond donors (Lipinski definition) is 1. The fourth-order valence-corrected chi connectivity index (χ4v) is 4.18. The Morgan fingerprint density at radius 3 is 3.12 bits per heavy atom. The molecule has 3 aromatic rings. The Labute approximate surface area is 145 Å². The summed E-state index contributed by atoms with van der Waals surface area (Å²) >= 11 is 1.75. The number of nitrogens with zero attached hydrogens (tertiary/aromatic N) is 4. The second-order valence-electron chi connectivity index (χ2n) is 6.41. The molecule has 0 radical (unpaired) electrons. The van der Waals surface area contributed by atoms with E-state index >= 15 is 0 Å². The Hall–Kier alpha value is -2.05. The fourth-order valence-electron chi connectivity index (χ4n) is 3.43. The second-order valence-corrected chi connectivity index (χ2v) is 7.35. The predicted octanol–water partition coefficient (Wildman–Crippen LogP) is 3.62. The molecule has 0 amide bonds. The molecule has 4 heterocycles. The van der Waals surface area contributed by atoms with Gasteiger partial charge in [-0.15, -0.1) is 11.3 Å². The Morgan fingerprint density at radius 1 is 1.33 bits per heavy atom. The van der Waals surface area contributed by atoms with Crippen LogP contribution in [0.1, 0.15) is 35.7 Å². The summed E-state index contributed by atoms with van der Waals surface area (Å²) in [7, 11) is 0. The molecule has 124 valence electrons. The highest BCUT2D eigenvalue weighted by molar-refractivity contribution is 7.13. The van der Waals surface area contributed by atoms with E-state index in [1.54, 1.807) is 11.3 Å². The zero-order chi connectivity index (χ0) is 16.4. The summed E-state index contributed by atoms with van der Waals surface area (Å²) in [6.07, 6.45) is 8.11. The minimum absolute atomic E-state index is 0.475. The maximum absolute atomic E-state index is 4.68. The summed E-state index contributed by atoms with van der Waals surface area (Å²) in [5.74, 6) is 0.475. The van der Waals surface area contributed by atoms with Crippen LogP contribution < -0.4 is 0 Å². The van der Waals surface area contributed by atoms with Crippen molar-refractivity contribution in [3.05, 3.63) is 53.1 Å². The van der Waals surface area contributed by atoms with Crippen molar-refractivity contribution >= 4 is 11.3 Å². The normalized spacial score (nSPS) is 18.8. The van der Waals surface area contributed by atoms with Crippen molar-refractivity contribution in [1.29, 1.82) is 0 Å². The first-order chi connectivity index (χ1) is 11.8. The summed E-state index contributed by atoms with van der Waals surface area (Å²) in [5.41, 5.74) is 4.56. The number of aryl methyl sites for hydroxylation is 1. The monoisotopic (exact) mass is 339 g/mol. The van der Waals surface area contributed by atoms with Crippen molar-refractivity contribution in [3.8, 4) is 10.6 Å². The molecule has 1 aliphatic rings. The van der Waals surface area contributed by atoms with E-state index in [1.165, 1.54) is 23.3 Å². The van der Waals surface area contributed by atoms with Crippen molar-refractivity contribution in [2.75, 3.05) is 13.1 Å². The van der Waals surface area contributed by atoms with Crippen LogP contribution in [0.15, 0.2) is 36.1 Å². The van der Waals surface area contributed by atoms with Gasteiger partial charge in [-0.25, -0.2) is 0 Å². The number of rotatable bonds is 4. The Balaban J connectivity index is 1.49. The fraction of sp³-hybridized carbons (Fsp3) is 0.389. The lowest BCUT2D eigenvalue weighted by molar-refractivity contribution is 0.198. The van der Waals surface area contributed by atoms with Crippen LogP contribution in [-0.4, -0.2) is 38.2 Å². The van der Waals surface area contributed by atoms with E-state index in [9.17, 15) is 0 Å². The first kappa shape index (κ1) is 15.5. The molecule has 3 aromatic heterocycles. The van der Waals surface area contributed by atoms with Crippen LogP contribution in [0.5, 0.6) is 0 Å². The molecular weight excluding hydrogens is 318 g/mol. The van der Waals surface area contributed by atoms with Crippen molar-refractivity contribution < 1.29 is 0 Å². The van der Waals surface area contributed by atoms with Crippen molar-refractivity contribution in [1.82, 2.24) is 25.1 Å². The minimum Gasteiger partial charge on any atom is -0.298 e. The molecule has 1 fully saturated rings. The van der Waals surface area contributed by atoms with Crippen molar-refractivity contribution in [2.45, 2.75) is 32.2 Å². The molecule has 5 nitrogen and oxygen atoms in total. The maximum atomic E-state index is 4.68. The number of aromatic nitrogens is 4. The van der Waals surface area contributed by atoms with Gasteiger partial charge in [-0.05, 0) is 37.8 Å². The van der Waals surface area contributed by atoms with E-state index in [1.807, 2.05) is 25.5 Å². The largest absolute Gasteiger partial charge is 0.298 e. The summed E-state index contributed by atoms with van der Waals surface area (Å²) in [6, 6.07) is 4.22. The molecular formula is C18H21N5S. The molecule has 0 saturated carbocycles. The summed E-state index contributed by atoms with van der Waals surface area (Å²) in [4.78, 5) is 12.8. The number of thiophene rings is 1.